The van der Waals surface area contributed by atoms with Gasteiger partial charge in [-0.25, -0.2) is 8.78 Å². The Morgan fingerprint density at radius 2 is 1.81 bits per heavy atom. The molecule has 0 amide bonds. The van der Waals surface area contributed by atoms with Crippen LogP contribution < -0.4 is 0 Å². The van der Waals surface area contributed by atoms with Crippen LogP contribution in [0.1, 0.15) is 32.6 Å². The lowest BCUT2D eigenvalue weighted by Crippen LogP contribution is -2.43. The molecule has 0 N–H and O–H groups in total. The Bertz CT molecular complexity index is 244. The van der Waals surface area contributed by atoms with Crippen LogP contribution in [0.4, 0.5) is 8.78 Å². The summed E-state index contributed by atoms with van der Waals surface area (Å²) in [6.45, 7) is 2.12. The van der Waals surface area contributed by atoms with Gasteiger partial charge in [-0.05, 0) is 19.8 Å². The second-order valence-electron chi connectivity index (χ2n) is 4.29. The lowest BCUT2D eigenvalue weighted by atomic mass is 9.73. The fraction of sp³-hybridized carbons (Fsp3) is 0.909. The van der Waals surface area contributed by atoms with Gasteiger partial charge in [0.05, 0.1) is 18.6 Å². The van der Waals surface area contributed by atoms with E-state index in [1.54, 1.807) is 6.92 Å². The minimum atomic E-state index is -2.65. The van der Waals surface area contributed by atoms with Gasteiger partial charge in [0.1, 0.15) is 0 Å². The molecule has 0 saturated heterocycles. The predicted molar refractivity (Wildman–Crippen MR) is 54.4 cm³/mol. The van der Waals surface area contributed by atoms with Crippen LogP contribution in [0.5, 0.6) is 0 Å². The van der Waals surface area contributed by atoms with E-state index in [4.69, 9.17) is 9.47 Å². The van der Waals surface area contributed by atoms with Crippen LogP contribution in [-0.2, 0) is 14.3 Å². The smallest absolute Gasteiger partial charge is 0.314 e. The quantitative estimate of drug-likeness (QED) is 0.703. The molecule has 1 rings (SSSR count). The van der Waals surface area contributed by atoms with Gasteiger partial charge in [0.25, 0.3) is 0 Å². The van der Waals surface area contributed by atoms with Crippen molar-refractivity contribution in [3.8, 4) is 0 Å². The number of carbonyl (C=O) groups is 1. The molecule has 1 saturated carbocycles. The molecule has 1 aliphatic rings. The van der Waals surface area contributed by atoms with Gasteiger partial charge < -0.3 is 9.47 Å². The lowest BCUT2D eigenvalue weighted by Gasteiger charge is -2.37. The van der Waals surface area contributed by atoms with Gasteiger partial charge in [0, 0.05) is 20.0 Å². The van der Waals surface area contributed by atoms with Gasteiger partial charge in [0.2, 0.25) is 5.92 Å². The summed E-state index contributed by atoms with van der Waals surface area (Å²) in [5.41, 5.74) is -0.869. The summed E-state index contributed by atoms with van der Waals surface area (Å²) in [5, 5.41) is 0. The molecule has 0 aliphatic heterocycles. The number of halogens is 2. The van der Waals surface area contributed by atoms with Gasteiger partial charge in [-0.1, -0.05) is 0 Å². The maximum absolute atomic E-state index is 13.0. The standard InChI is InChI=1S/C11H18F2O3/c1-3-16-9(14)10(8-15-2)4-6-11(12,13)7-5-10/h3-8H2,1-2H3. The van der Waals surface area contributed by atoms with E-state index >= 15 is 0 Å². The Hall–Kier alpha value is -0.710. The van der Waals surface area contributed by atoms with E-state index in [2.05, 4.69) is 0 Å². The number of ether oxygens (including phenoxy) is 2. The summed E-state index contributed by atoms with van der Waals surface area (Å²) in [7, 11) is 1.47. The third-order valence-electron chi connectivity index (χ3n) is 3.07. The number of rotatable bonds is 4. The largest absolute Gasteiger partial charge is 0.465 e. The van der Waals surface area contributed by atoms with Crippen LogP contribution in [0.15, 0.2) is 0 Å². The van der Waals surface area contributed by atoms with Crippen LogP contribution in [0.2, 0.25) is 0 Å². The first-order chi connectivity index (χ1) is 7.46. The molecule has 1 aliphatic carbocycles. The zero-order chi connectivity index (χ0) is 12.2. The molecule has 0 radical (unpaired) electrons. The van der Waals surface area contributed by atoms with E-state index in [0.717, 1.165) is 0 Å². The van der Waals surface area contributed by atoms with Crippen molar-refractivity contribution in [2.24, 2.45) is 5.41 Å². The number of esters is 1. The number of methoxy groups -OCH3 is 1. The first kappa shape index (κ1) is 13.4. The van der Waals surface area contributed by atoms with Crippen LogP contribution in [0.3, 0.4) is 0 Å². The molecule has 5 heteroatoms. The molecule has 0 spiro atoms. The van der Waals surface area contributed by atoms with Crippen molar-refractivity contribution in [2.45, 2.75) is 38.5 Å². The topological polar surface area (TPSA) is 35.5 Å². The predicted octanol–water partition coefficient (Wildman–Crippen LogP) is 2.39. The normalized spacial score (nSPS) is 22.8. The molecule has 0 aromatic carbocycles. The molecule has 0 bridgehead atoms. The van der Waals surface area contributed by atoms with E-state index in [1.165, 1.54) is 7.11 Å². The molecule has 0 aromatic heterocycles. The Morgan fingerprint density at radius 1 is 1.25 bits per heavy atom. The summed E-state index contributed by atoms with van der Waals surface area (Å²) in [6, 6.07) is 0. The second kappa shape index (κ2) is 5.08. The minimum absolute atomic E-state index is 0.132. The van der Waals surface area contributed by atoms with E-state index in [0.29, 0.717) is 0 Å². The summed E-state index contributed by atoms with van der Waals surface area (Å²) in [4.78, 5) is 11.8. The first-order valence-corrected chi connectivity index (χ1v) is 5.50. The Morgan fingerprint density at radius 3 is 2.25 bits per heavy atom. The highest BCUT2D eigenvalue weighted by Gasteiger charge is 2.48. The van der Waals surface area contributed by atoms with E-state index in [-0.39, 0.29) is 38.9 Å². The van der Waals surface area contributed by atoms with Crippen molar-refractivity contribution in [3.63, 3.8) is 0 Å². The number of alkyl halides is 2. The Labute approximate surface area is 94.1 Å². The van der Waals surface area contributed by atoms with Crippen molar-refractivity contribution in [2.75, 3.05) is 20.3 Å². The highest BCUT2D eigenvalue weighted by atomic mass is 19.3. The second-order valence-corrected chi connectivity index (χ2v) is 4.29. The summed E-state index contributed by atoms with van der Waals surface area (Å²) in [6.07, 6.45) is -0.274. The maximum atomic E-state index is 13.0. The maximum Gasteiger partial charge on any atom is 0.314 e. The molecule has 0 atom stereocenters. The van der Waals surface area contributed by atoms with Gasteiger partial charge in [-0.3, -0.25) is 4.79 Å². The average Bonchev–Trinajstić information content (AvgIpc) is 2.22. The average molecular weight is 236 g/mol. The van der Waals surface area contributed by atoms with Crippen LogP contribution in [0.25, 0.3) is 0 Å². The first-order valence-electron chi connectivity index (χ1n) is 5.50. The molecule has 0 heterocycles. The molecule has 94 valence electrons. The fourth-order valence-electron chi connectivity index (χ4n) is 2.06. The SMILES string of the molecule is CCOC(=O)C1(COC)CCC(F)(F)CC1. The highest BCUT2D eigenvalue weighted by molar-refractivity contribution is 5.77. The van der Waals surface area contributed by atoms with Crippen LogP contribution in [0, 0.1) is 5.41 Å². The summed E-state index contributed by atoms with van der Waals surface area (Å²) >= 11 is 0. The van der Waals surface area contributed by atoms with Gasteiger partial charge in [-0.2, -0.15) is 0 Å². The third-order valence-corrected chi connectivity index (χ3v) is 3.07. The molecular weight excluding hydrogens is 218 g/mol. The summed E-state index contributed by atoms with van der Waals surface area (Å²) < 4.78 is 36.0. The van der Waals surface area contributed by atoms with Gasteiger partial charge >= 0.3 is 5.97 Å². The highest BCUT2D eigenvalue weighted by Crippen LogP contribution is 2.44. The molecule has 0 aromatic rings. The van der Waals surface area contributed by atoms with Gasteiger partial charge in [-0.15, -0.1) is 0 Å². The molecule has 1 fully saturated rings. The lowest BCUT2D eigenvalue weighted by molar-refractivity contribution is -0.168. The number of hydrogen-bond acceptors (Lipinski definition) is 3. The molecule has 16 heavy (non-hydrogen) atoms. The third kappa shape index (κ3) is 2.90. The molecule has 0 unspecified atom stereocenters. The van der Waals surface area contributed by atoms with Crippen molar-refractivity contribution in [1.82, 2.24) is 0 Å². The van der Waals surface area contributed by atoms with Crippen molar-refractivity contribution in [3.05, 3.63) is 0 Å². The number of carbonyl (C=O) groups excluding carboxylic acids is 1. The van der Waals surface area contributed by atoms with Crippen molar-refractivity contribution in [1.29, 1.82) is 0 Å². The number of hydrogen-bond donors (Lipinski definition) is 0. The fourth-order valence-corrected chi connectivity index (χ4v) is 2.06. The van der Waals surface area contributed by atoms with E-state index < -0.39 is 17.3 Å². The monoisotopic (exact) mass is 236 g/mol. The van der Waals surface area contributed by atoms with Crippen molar-refractivity contribution >= 4 is 5.97 Å². The Balaban J connectivity index is 2.71. The van der Waals surface area contributed by atoms with Crippen LogP contribution in [-0.4, -0.2) is 32.2 Å². The Kier molecular flexibility index (Phi) is 4.24. The zero-order valence-electron chi connectivity index (χ0n) is 9.72. The molecule has 3 nitrogen and oxygen atoms in total. The van der Waals surface area contributed by atoms with E-state index in [1.807, 2.05) is 0 Å². The summed E-state index contributed by atoms with van der Waals surface area (Å²) in [5.74, 6) is -3.06. The van der Waals surface area contributed by atoms with Gasteiger partial charge in [0.15, 0.2) is 0 Å². The zero-order valence-corrected chi connectivity index (χ0v) is 9.72. The van der Waals surface area contributed by atoms with Crippen molar-refractivity contribution < 1.29 is 23.0 Å². The van der Waals surface area contributed by atoms with E-state index in [9.17, 15) is 13.6 Å². The minimum Gasteiger partial charge on any atom is -0.465 e. The van der Waals surface area contributed by atoms with Crippen LogP contribution >= 0.6 is 0 Å². The molecular formula is C11H18F2O3.